The molecular weight excluding hydrogens is 174 g/mol. The summed E-state index contributed by atoms with van der Waals surface area (Å²) in [5, 5.41) is 9.93. The van der Waals surface area contributed by atoms with Gasteiger partial charge >= 0.3 is 0 Å². The number of rotatable bonds is 1. The third-order valence-corrected chi connectivity index (χ3v) is 4.62. The van der Waals surface area contributed by atoms with Gasteiger partial charge in [-0.1, -0.05) is 0 Å². The molecule has 2 heterocycles. The van der Waals surface area contributed by atoms with Crippen molar-refractivity contribution < 1.29 is 5.11 Å². The number of aliphatic hydroxyl groups is 1. The van der Waals surface area contributed by atoms with Gasteiger partial charge in [0.05, 0.1) is 6.10 Å². The number of fused-ring (bicyclic) bond motifs is 3. The van der Waals surface area contributed by atoms with Gasteiger partial charge in [0.25, 0.3) is 0 Å². The predicted octanol–water partition coefficient (Wildman–Crippen LogP) is 1.77. The number of aliphatic hydroxyl groups excluding tert-OH is 1. The van der Waals surface area contributed by atoms with E-state index in [4.69, 9.17) is 0 Å². The summed E-state index contributed by atoms with van der Waals surface area (Å²) in [6.07, 6.45) is 9.19. The average Bonchev–Trinajstić information content (AvgIpc) is 2.66. The van der Waals surface area contributed by atoms with Crippen LogP contribution in [0.3, 0.4) is 0 Å². The van der Waals surface area contributed by atoms with Crippen molar-refractivity contribution in [3.63, 3.8) is 0 Å². The lowest BCUT2D eigenvalue weighted by molar-refractivity contribution is -0.0239. The number of hydrogen-bond donors (Lipinski definition) is 1. The Hall–Kier alpha value is -0.0800. The summed E-state index contributed by atoms with van der Waals surface area (Å²) in [6.45, 7) is 1.28. The molecule has 0 aromatic carbocycles. The highest BCUT2D eigenvalue weighted by molar-refractivity contribution is 4.95. The Morgan fingerprint density at radius 1 is 0.929 bits per heavy atom. The molecule has 2 nitrogen and oxygen atoms in total. The minimum absolute atomic E-state index is 0.0191. The van der Waals surface area contributed by atoms with Crippen LogP contribution in [0, 0.1) is 5.92 Å². The largest absolute Gasteiger partial charge is 0.391 e. The second-order valence-electron chi connectivity index (χ2n) is 5.44. The molecule has 2 saturated heterocycles. The van der Waals surface area contributed by atoms with E-state index in [2.05, 4.69) is 4.90 Å². The Bertz CT molecular complexity index is 210. The summed E-state index contributed by atoms with van der Waals surface area (Å²) in [5.41, 5.74) is 0. The van der Waals surface area contributed by atoms with E-state index in [1.807, 2.05) is 0 Å². The Morgan fingerprint density at radius 3 is 2.21 bits per heavy atom. The van der Waals surface area contributed by atoms with Crippen molar-refractivity contribution in [2.24, 2.45) is 5.92 Å². The maximum atomic E-state index is 9.93. The molecule has 1 N–H and O–H groups in total. The third-order valence-electron chi connectivity index (χ3n) is 4.62. The first kappa shape index (κ1) is 9.17. The zero-order chi connectivity index (χ0) is 9.54. The van der Waals surface area contributed by atoms with Gasteiger partial charge in [-0.2, -0.15) is 0 Å². The van der Waals surface area contributed by atoms with Crippen LogP contribution in [-0.2, 0) is 0 Å². The molecule has 0 radical (unpaired) electrons. The highest BCUT2D eigenvalue weighted by Gasteiger charge is 2.40. The van der Waals surface area contributed by atoms with E-state index in [1.54, 1.807) is 0 Å². The fourth-order valence-corrected chi connectivity index (χ4v) is 3.82. The molecule has 2 heteroatoms. The molecule has 4 aliphatic rings. The Balaban J connectivity index is 1.72. The zero-order valence-electron chi connectivity index (χ0n) is 8.86. The lowest BCUT2D eigenvalue weighted by Gasteiger charge is -2.48. The number of nitrogens with zero attached hydrogens (tertiary/aromatic N) is 1. The van der Waals surface area contributed by atoms with Gasteiger partial charge in [-0.15, -0.1) is 0 Å². The second-order valence-corrected chi connectivity index (χ2v) is 5.44. The van der Waals surface area contributed by atoms with Gasteiger partial charge in [-0.05, 0) is 50.9 Å². The van der Waals surface area contributed by atoms with E-state index in [-0.39, 0.29) is 6.10 Å². The van der Waals surface area contributed by atoms with Gasteiger partial charge in [0.2, 0.25) is 0 Å². The topological polar surface area (TPSA) is 23.5 Å². The molecular formula is C12H21NO. The Morgan fingerprint density at radius 2 is 1.71 bits per heavy atom. The van der Waals surface area contributed by atoms with Gasteiger partial charge in [0.15, 0.2) is 0 Å². The van der Waals surface area contributed by atoms with E-state index < -0.39 is 0 Å². The molecule has 2 aliphatic carbocycles. The molecule has 2 saturated carbocycles. The van der Waals surface area contributed by atoms with E-state index in [0.717, 1.165) is 18.4 Å². The van der Waals surface area contributed by atoms with Crippen molar-refractivity contribution in [3.05, 3.63) is 0 Å². The predicted molar refractivity (Wildman–Crippen MR) is 56.1 cm³/mol. The van der Waals surface area contributed by atoms with Crippen molar-refractivity contribution in [2.75, 3.05) is 6.54 Å². The number of hydrogen-bond acceptors (Lipinski definition) is 2. The molecule has 0 aromatic rings. The molecule has 4 fully saturated rings. The molecule has 0 aromatic heterocycles. The van der Waals surface area contributed by atoms with Crippen LogP contribution in [0.1, 0.15) is 44.9 Å². The summed E-state index contributed by atoms with van der Waals surface area (Å²) in [7, 11) is 0. The summed E-state index contributed by atoms with van der Waals surface area (Å²) in [4.78, 5) is 2.65. The van der Waals surface area contributed by atoms with E-state index in [0.29, 0.717) is 6.04 Å². The van der Waals surface area contributed by atoms with Crippen molar-refractivity contribution in [2.45, 2.75) is 63.1 Å². The van der Waals surface area contributed by atoms with Gasteiger partial charge in [-0.25, -0.2) is 0 Å². The van der Waals surface area contributed by atoms with Crippen LogP contribution < -0.4 is 0 Å². The Labute approximate surface area is 86.3 Å². The maximum absolute atomic E-state index is 9.93. The summed E-state index contributed by atoms with van der Waals surface area (Å²) in [5.74, 6) is 0.952. The van der Waals surface area contributed by atoms with Crippen molar-refractivity contribution in [1.82, 2.24) is 4.90 Å². The molecule has 80 valence electrons. The quantitative estimate of drug-likeness (QED) is 0.689. The van der Waals surface area contributed by atoms with Crippen molar-refractivity contribution in [3.8, 4) is 0 Å². The van der Waals surface area contributed by atoms with E-state index in [9.17, 15) is 5.11 Å². The van der Waals surface area contributed by atoms with Crippen LogP contribution in [0.2, 0.25) is 0 Å². The first-order chi connectivity index (χ1) is 6.84. The third kappa shape index (κ3) is 1.40. The van der Waals surface area contributed by atoms with Gasteiger partial charge in [0.1, 0.15) is 0 Å². The highest BCUT2D eigenvalue weighted by Crippen LogP contribution is 2.39. The van der Waals surface area contributed by atoms with Crippen LogP contribution in [-0.4, -0.2) is 34.7 Å². The fourth-order valence-electron chi connectivity index (χ4n) is 3.82. The monoisotopic (exact) mass is 195 g/mol. The summed E-state index contributed by atoms with van der Waals surface area (Å²) < 4.78 is 0. The standard InChI is InChI=1S/C12H21NO/c14-12-3-1-2-11(12)13-8-9-4-6-10(13)7-5-9/h9-12,14H,1-8H2/t9?,10?,11-,12-/m1/s1. The van der Waals surface area contributed by atoms with Crippen LogP contribution in [0.4, 0.5) is 0 Å². The molecule has 0 spiro atoms. The van der Waals surface area contributed by atoms with Crippen molar-refractivity contribution in [1.29, 1.82) is 0 Å². The minimum Gasteiger partial charge on any atom is -0.391 e. The number of piperidine rings is 2. The van der Waals surface area contributed by atoms with Crippen LogP contribution >= 0.6 is 0 Å². The second kappa shape index (κ2) is 3.49. The Kier molecular flexibility index (Phi) is 2.29. The summed E-state index contributed by atoms with van der Waals surface area (Å²) >= 11 is 0. The van der Waals surface area contributed by atoms with Gasteiger partial charge in [-0.3, -0.25) is 4.90 Å². The normalized spacial score (nSPS) is 48.6. The first-order valence-electron chi connectivity index (χ1n) is 6.28. The van der Waals surface area contributed by atoms with Gasteiger partial charge < -0.3 is 5.11 Å². The van der Waals surface area contributed by atoms with Gasteiger partial charge in [0, 0.05) is 18.6 Å². The first-order valence-corrected chi connectivity index (χ1v) is 6.28. The van der Waals surface area contributed by atoms with Crippen LogP contribution in [0.5, 0.6) is 0 Å². The molecule has 2 bridgehead atoms. The molecule has 14 heavy (non-hydrogen) atoms. The molecule has 4 rings (SSSR count). The van der Waals surface area contributed by atoms with E-state index >= 15 is 0 Å². The molecule has 2 aliphatic heterocycles. The smallest absolute Gasteiger partial charge is 0.0695 e. The fraction of sp³-hybridized carbons (Fsp3) is 1.00. The average molecular weight is 195 g/mol. The maximum Gasteiger partial charge on any atom is 0.0695 e. The lowest BCUT2D eigenvalue weighted by atomic mass is 9.79. The highest BCUT2D eigenvalue weighted by atomic mass is 16.3. The van der Waals surface area contributed by atoms with Crippen molar-refractivity contribution >= 4 is 0 Å². The minimum atomic E-state index is -0.0191. The molecule has 0 unspecified atom stereocenters. The molecule has 2 atom stereocenters. The van der Waals surface area contributed by atoms with Crippen LogP contribution in [0.25, 0.3) is 0 Å². The van der Waals surface area contributed by atoms with E-state index in [1.165, 1.54) is 45.1 Å². The lowest BCUT2D eigenvalue weighted by Crippen LogP contribution is -2.54. The zero-order valence-corrected chi connectivity index (χ0v) is 8.86. The summed E-state index contributed by atoms with van der Waals surface area (Å²) in [6, 6.07) is 1.33. The molecule has 0 amide bonds. The SMILES string of the molecule is O[C@@H]1CCC[C@H]1N1CC2CCC1CC2. The van der Waals surface area contributed by atoms with Crippen LogP contribution in [0.15, 0.2) is 0 Å².